The number of carbonyl (C=O) groups excluding carboxylic acids is 2. The maximum Gasteiger partial charge on any atom is 0.254 e. The fraction of sp³-hybridized carbons (Fsp3) is 0.391. The van der Waals surface area contributed by atoms with Gasteiger partial charge in [0, 0.05) is 36.2 Å². The third-order valence-electron chi connectivity index (χ3n) is 6.05. The lowest BCUT2D eigenvalue weighted by Crippen LogP contribution is -2.53. The molecule has 2 aliphatic rings. The van der Waals surface area contributed by atoms with E-state index in [-0.39, 0.29) is 17.2 Å². The molecule has 5 nitrogen and oxygen atoms in total. The average molecular weight is 457 g/mol. The number of piperazine rings is 1. The van der Waals surface area contributed by atoms with E-state index in [9.17, 15) is 9.59 Å². The van der Waals surface area contributed by atoms with Gasteiger partial charge < -0.3 is 14.5 Å². The van der Waals surface area contributed by atoms with Crippen LogP contribution in [0.3, 0.4) is 0 Å². The topological polar surface area (TPSA) is 49.9 Å². The minimum absolute atomic E-state index is 0.0106. The highest BCUT2D eigenvalue weighted by molar-refractivity contribution is 9.10. The Hall–Kier alpha value is -2.34. The van der Waals surface area contributed by atoms with Gasteiger partial charge in [-0.05, 0) is 55.2 Å². The molecule has 0 spiro atoms. The van der Waals surface area contributed by atoms with Crippen LogP contribution in [0, 0.1) is 6.92 Å². The first-order valence-corrected chi connectivity index (χ1v) is 10.7. The molecule has 1 aliphatic carbocycles. The number of carbonyl (C=O) groups is 2. The van der Waals surface area contributed by atoms with Crippen molar-refractivity contribution >= 4 is 27.7 Å². The van der Waals surface area contributed by atoms with Crippen molar-refractivity contribution in [2.45, 2.75) is 25.2 Å². The Balaban J connectivity index is 1.42. The van der Waals surface area contributed by atoms with E-state index in [0.717, 1.165) is 34.2 Å². The van der Waals surface area contributed by atoms with Crippen molar-refractivity contribution in [2.24, 2.45) is 0 Å². The van der Waals surface area contributed by atoms with Crippen LogP contribution in [-0.2, 0) is 10.2 Å². The third-order valence-corrected chi connectivity index (χ3v) is 6.54. The molecule has 4 rings (SSSR count). The van der Waals surface area contributed by atoms with Crippen LogP contribution in [0.2, 0.25) is 0 Å². The minimum atomic E-state index is -0.375. The Morgan fingerprint density at radius 2 is 1.69 bits per heavy atom. The zero-order valence-electron chi connectivity index (χ0n) is 16.8. The normalized spacial score (nSPS) is 17.8. The molecule has 2 aromatic carbocycles. The fourth-order valence-electron chi connectivity index (χ4n) is 4.09. The lowest BCUT2D eigenvalue weighted by Gasteiger charge is -2.37. The summed E-state index contributed by atoms with van der Waals surface area (Å²) >= 11 is 3.51. The Kier molecular flexibility index (Phi) is 5.38. The van der Waals surface area contributed by atoms with Crippen molar-refractivity contribution in [3.8, 4) is 5.75 Å². The number of hydrogen-bond donors (Lipinski definition) is 0. The van der Waals surface area contributed by atoms with Crippen LogP contribution in [0.5, 0.6) is 5.75 Å². The van der Waals surface area contributed by atoms with Gasteiger partial charge in [-0.3, -0.25) is 9.59 Å². The number of benzene rings is 2. The summed E-state index contributed by atoms with van der Waals surface area (Å²) in [6.45, 7) is 4.20. The molecule has 0 atom stereocenters. The molecule has 2 fully saturated rings. The van der Waals surface area contributed by atoms with E-state index in [4.69, 9.17) is 4.74 Å². The van der Waals surface area contributed by atoms with Gasteiger partial charge in [-0.2, -0.15) is 0 Å². The SMILES string of the molecule is COc1cc(C(=O)N2CCN(C(=O)C3(c4cccc(Br)c4)CC3)CC2)ccc1C. The van der Waals surface area contributed by atoms with Crippen molar-refractivity contribution in [3.63, 3.8) is 0 Å². The molecule has 0 N–H and O–H groups in total. The Bertz CT molecular complexity index is 947. The van der Waals surface area contributed by atoms with Crippen molar-refractivity contribution in [2.75, 3.05) is 33.3 Å². The zero-order chi connectivity index (χ0) is 20.6. The Morgan fingerprint density at radius 3 is 2.31 bits per heavy atom. The van der Waals surface area contributed by atoms with Crippen LogP contribution in [0.4, 0.5) is 0 Å². The second-order valence-electron chi connectivity index (χ2n) is 7.86. The molecule has 1 saturated heterocycles. The number of methoxy groups -OCH3 is 1. The molecule has 0 bridgehead atoms. The fourth-order valence-corrected chi connectivity index (χ4v) is 4.49. The van der Waals surface area contributed by atoms with Crippen LogP contribution in [0.15, 0.2) is 46.9 Å². The van der Waals surface area contributed by atoms with Gasteiger partial charge in [0.05, 0.1) is 12.5 Å². The Morgan fingerprint density at radius 1 is 1.00 bits per heavy atom. The van der Waals surface area contributed by atoms with Crippen LogP contribution in [0.1, 0.15) is 34.3 Å². The highest BCUT2D eigenvalue weighted by Crippen LogP contribution is 2.50. The number of hydrogen-bond acceptors (Lipinski definition) is 3. The van der Waals surface area contributed by atoms with E-state index < -0.39 is 0 Å². The van der Waals surface area contributed by atoms with E-state index in [1.54, 1.807) is 13.2 Å². The molecular formula is C23H25BrN2O3. The van der Waals surface area contributed by atoms with E-state index >= 15 is 0 Å². The summed E-state index contributed by atoms with van der Waals surface area (Å²) in [5.74, 6) is 0.901. The molecule has 29 heavy (non-hydrogen) atoms. The largest absolute Gasteiger partial charge is 0.496 e. The van der Waals surface area contributed by atoms with Gasteiger partial charge in [0.2, 0.25) is 5.91 Å². The summed E-state index contributed by atoms with van der Waals surface area (Å²) in [5, 5.41) is 0. The number of nitrogens with zero attached hydrogens (tertiary/aromatic N) is 2. The predicted molar refractivity (Wildman–Crippen MR) is 115 cm³/mol. The Labute approximate surface area is 179 Å². The smallest absolute Gasteiger partial charge is 0.254 e. The van der Waals surface area contributed by atoms with Crippen LogP contribution in [-0.4, -0.2) is 54.9 Å². The number of halogens is 1. The quantitative estimate of drug-likeness (QED) is 0.703. The number of rotatable bonds is 4. The summed E-state index contributed by atoms with van der Waals surface area (Å²) in [6.07, 6.45) is 1.79. The monoisotopic (exact) mass is 456 g/mol. The summed E-state index contributed by atoms with van der Waals surface area (Å²) in [5.41, 5.74) is 2.34. The highest BCUT2D eigenvalue weighted by Gasteiger charge is 2.53. The molecule has 1 saturated carbocycles. The van der Waals surface area contributed by atoms with Crippen LogP contribution < -0.4 is 4.74 Å². The molecule has 0 unspecified atom stereocenters. The average Bonchev–Trinajstić information content (AvgIpc) is 3.55. The zero-order valence-corrected chi connectivity index (χ0v) is 18.4. The van der Waals surface area contributed by atoms with Gasteiger partial charge in [-0.25, -0.2) is 0 Å². The van der Waals surface area contributed by atoms with Gasteiger partial charge >= 0.3 is 0 Å². The van der Waals surface area contributed by atoms with Gasteiger partial charge in [-0.15, -0.1) is 0 Å². The highest BCUT2D eigenvalue weighted by atomic mass is 79.9. The van der Waals surface area contributed by atoms with Gasteiger partial charge in [0.15, 0.2) is 0 Å². The first-order chi connectivity index (χ1) is 13.9. The molecule has 1 aliphatic heterocycles. The first-order valence-electron chi connectivity index (χ1n) is 9.94. The van der Waals surface area contributed by atoms with Crippen LogP contribution in [0.25, 0.3) is 0 Å². The molecule has 2 aromatic rings. The lowest BCUT2D eigenvalue weighted by molar-refractivity contribution is -0.135. The van der Waals surface area contributed by atoms with Crippen molar-refractivity contribution in [1.29, 1.82) is 0 Å². The summed E-state index contributed by atoms with van der Waals surface area (Å²) in [7, 11) is 1.61. The molecule has 2 amide bonds. The van der Waals surface area contributed by atoms with E-state index in [2.05, 4.69) is 22.0 Å². The van der Waals surface area contributed by atoms with Crippen molar-refractivity contribution in [1.82, 2.24) is 9.80 Å². The number of ether oxygens (including phenoxy) is 1. The third kappa shape index (κ3) is 3.78. The van der Waals surface area contributed by atoms with Gasteiger partial charge in [0.25, 0.3) is 5.91 Å². The van der Waals surface area contributed by atoms with Gasteiger partial charge in [0.1, 0.15) is 5.75 Å². The molecule has 1 heterocycles. The molecule has 0 aromatic heterocycles. The van der Waals surface area contributed by atoms with Crippen LogP contribution >= 0.6 is 15.9 Å². The van der Waals surface area contributed by atoms with Gasteiger partial charge in [-0.1, -0.05) is 34.1 Å². The lowest BCUT2D eigenvalue weighted by atomic mass is 9.94. The summed E-state index contributed by atoms with van der Waals surface area (Å²) < 4.78 is 6.34. The maximum atomic E-state index is 13.3. The summed E-state index contributed by atoms with van der Waals surface area (Å²) in [4.78, 5) is 29.9. The van der Waals surface area contributed by atoms with E-state index in [1.165, 1.54) is 0 Å². The predicted octanol–water partition coefficient (Wildman–Crippen LogP) is 3.78. The maximum absolute atomic E-state index is 13.3. The second-order valence-corrected chi connectivity index (χ2v) is 8.78. The second kappa shape index (κ2) is 7.82. The van der Waals surface area contributed by atoms with E-state index in [1.807, 2.05) is 47.1 Å². The van der Waals surface area contributed by atoms with Crippen molar-refractivity contribution in [3.05, 3.63) is 63.6 Å². The number of aryl methyl sites for hydroxylation is 1. The van der Waals surface area contributed by atoms with Crippen molar-refractivity contribution < 1.29 is 14.3 Å². The summed E-state index contributed by atoms with van der Waals surface area (Å²) in [6, 6.07) is 13.6. The van der Waals surface area contributed by atoms with E-state index in [0.29, 0.717) is 31.7 Å². The molecule has 0 radical (unpaired) electrons. The molecule has 6 heteroatoms. The minimum Gasteiger partial charge on any atom is -0.496 e. The standard InChI is InChI=1S/C23H25BrN2O3/c1-16-6-7-17(14-20(16)29-2)21(27)25-10-12-26(13-11-25)22(28)23(8-9-23)18-4-3-5-19(24)15-18/h3-7,14-15H,8-13H2,1-2H3. The number of amides is 2. The molecule has 152 valence electrons. The first kappa shape index (κ1) is 20.0. The molecular weight excluding hydrogens is 432 g/mol.